The Balaban J connectivity index is 1.18. The van der Waals surface area contributed by atoms with Gasteiger partial charge in [0.25, 0.3) is 0 Å². The van der Waals surface area contributed by atoms with Crippen molar-refractivity contribution in [1.82, 2.24) is 0 Å². The van der Waals surface area contributed by atoms with Gasteiger partial charge in [-0.2, -0.15) is 0 Å². The van der Waals surface area contributed by atoms with Crippen LogP contribution in [-0.2, 0) is 4.74 Å². The van der Waals surface area contributed by atoms with Gasteiger partial charge in [0.15, 0.2) is 0 Å². The van der Waals surface area contributed by atoms with Crippen LogP contribution in [0, 0.1) is 0 Å². The molecule has 1 saturated heterocycles. The van der Waals surface area contributed by atoms with Crippen LogP contribution < -0.4 is 56.8 Å². The van der Waals surface area contributed by atoms with Crippen molar-refractivity contribution in [3.05, 3.63) is 213 Å². The smallest absolute Gasteiger partial charge is 0.135 e. The molecule has 8 aromatic rings. The molecule has 1 fully saturated rings. The average Bonchev–Trinajstić information content (AvgIpc) is 3.96. The SMILES string of the molecule is COc1ccc(C2Oc3cc(OC)c(C4C(c5ccc(OC)cc5)OC(c5ccc(OC)cc5)C4c4cc(OC)cc(OC)c4)cc3C2c2cc(OC)cc3c2C(c2cc(OC)cc(OC)c2)C(c2ccc(OC)cc2)O3)cc1. The van der Waals surface area contributed by atoms with Gasteiger partial charge in [0.05, 0.1) is 95.1 Å². The topological polar surface area (TPSA) is 120 Å². The van der Waals surface area contributed by atoms with Crippen LogP contribution in [-0.4, -0.2) is 71.1 Å². The highest BCUT2D eigenvalue weighted by Gasteiger charge is 2.51. The standard InChI is InChI=1S/C66H64O13/c1-67-43-19-11-37(12-20-43)63-58(41-27-47(71-5)31-48(28-41)72-6)61-54(33-51(75-9)34-57(61)78-63)60-53-35-52(55(76-10)36-56(53)77-65(60)39-15-23-45(69-3)24-16-39)62-59(42-29-49(73-7)32-50(30-42)74-8)64(38-13-21-44(68-2)22-14-38)79-66(62)40-17-25-46(70-4)26-18-40/h11-36,58-60,62-66H,1-10H3. The van der Waals surface area contributed by atoms with E-state index in [1.165, 1.54) is 0 Å². The highest BCUT2D eigenvalue weighted by Crippen LogP contribution is 2.64. The van der Waals surface area contributed by atoms with Crippen LogP contribution in [0.4, 0.5) is 0 Å². The summed E-state index contributed by atoms with van der Waals surface area (Å²) >= 11 is 0. The Kier molecular flexibility index (Phi) is 14.8. The lowest BCUT2D eigenvalue weighted by Crippen LogP contribution is -2.17. The minimum Gasteiger partial charge on any atom is -0.497 e. The van der Waals surface area contributed by atoms with E-state index in [-0.39, 0.29) is 11.8 Å². The molecule has 79 heavy (non-hydrogen) atoms. The van der Waals surface area contributed by atoms with E-state index in [1.54, 1.807) is 71.1 Å². The van der Waals surface area contributed by atoms with Crippen LogP contribution in [0.25, 0.3) is 0 Å². The number of rotatable bonds is 18. The number of fused-ring (bicyclic) bond motifs is 2. The molecule has 13 nitrogen and oxygen atoms in total. The van der Waals surface area contributed by atoms with Gasteiger partial charge >= 0.3 is 0 Å². The summed E-state index contributed by atoms with van der Waals surface area (Å²) in [6.07, 6.45) is -2.04. The second-order valence-corrected chi connectivity index (χ2v) is 19.7. The van der Waals surface area contributed by atoms with Gasteiger partial charge < -0.3 is 61.6 Å². The van der Waals surface area contributed by atoms with Crippen molar-refractivity contribution in [3.8, 4) is 69.0 Å². The predicted octanol–water partition coefficient (Wildman–Crippen LogP) is 13.7. The van der Waals surface area contributed by atoms with Crippen molar-refractivity contribution in [1.29, 1.82) is 0 Å². The first-order chi connectivity index (χ1) is 38.6. The largest absolute Gasteiger partial charge is 0.497 e. The normalized spacial score (nSPS) is 20.7. The Morgan fingerprint density at radius 1 is 0.266 bits per heavy atom. The summed E-state index contributed by atoms with van der Waals surface area (Å²) in [6.45, 7) is 0. The second-order valence-electron chi connectivity index (χ2n) is 19.7. The lowest BCUT2D eigenvalue weighted by molar-refractivity contribution is 0.0365. The molecule has 3 aliphatic heterocycles. The Bertz CT molecular complexity index is 3390. The summed E-state index contributed by atoms with van der Waals surface area (Å²) in [5, 5.41) is 0. The third-order valence-corrected chi connectivity index (χ3v) is 15.8. The lowest BCUT2D eigenvalue weighted by Gasteiger charge is -2.29. The number of hydrogen-bond donors (Lipinski definition) is 0. The first kappa shape index (κ1) is 52.4. The van der Waals surface area contributed by atoms with Gasteiger partial charge in [-0.3, -0.25) is 0 Å². The van der Waals surface area contributed by atoms with E-state index in [9.17, 15) is 0 Å². The molecule has 0 bridgehead atoms. The molecule has 0 radical (unpaired) electrons. The van der Waals surface area contributed by atoms with E-state index in [0.29, 0.717) is 46.0 Å². The van der Waals surface area contributed by atoms with Gasteiger partial charge in [-0.05, 0) is 124 Å². The molecule has 0 aromatic heterocycles. The average molecular weight is 1070 g/mol. The number of hydrogen-bond acceptors (Lipinski definition) is 13. The molecule has 0 N–H and O–H groups in total. The monoisotopic (exact) mass is 1060 g/mol. The highest BCUT2D eigenvalue weighted by molar-refractivity contribution is 5.65. The van der Waals surface area contributed by atoms with Crippen molar-refractivity contribution < 1.29 is 61.6 Å². The van der Waals surface area contributed by atoms with Crippen LogP contribution in [0.15, 0.2) is 158 Å². The van der Waals surface area contributed by atoms with Crippen LogP contribution in [0.1, 0.15) is 104 Å². The fourth-order valence-electron chi connectivity index (χ4n) is 11.9. The van der Waals surface area contributed by atoms with Crippen LogP contribution in [0.5, 0.6) is 69.0 Å². The van der Waals surface area contributed by atoms with Crippen LogP contribution >= 0.6 is 0 Å². The molecule has 11 rings (SSSR count). The zero-order valence-corrected chi connectivity index (χ0v) is 45.9. The highest BCUT2D eigenvalue weighted by atomic mass is 16.5. The molecular weight excluding hydrogens is 1000 g/mol. The Labute approximate surface area is 461 Å². The fourth-order valence-corrected chi connectivity index (χ4v) is 11.9. The summed E-state index contributed by atoms with van der Waals surface area (Å²) in [5.74, 6) is 6.54. The van der Waals surface area contributed by atoms with E-state index in [1.807, 2.05) is 72.8 Å². The van der Waals surface area contributed by atoms with Gasteiger partial charge in [-0.15, -0.1) is 0 Å². The first-order valence-corrected chi connectivity index (χ1v) is 26.1. The Morgan fingerprint density at radius 3 is 1.08 bits per heavy atom. The Hall–Kier alpha value is -8.68. The number of ether oxygens (including phenoxy) is 13. The molecule has 13 heteroatoms. The Morgan fingerprint density at radius 2 is 0.646 bits per heavy atom. The molecule has 0 aliphatic carbocycles. The van der Waals surface area contributed by atoms with Crippen LogP contribution in [0.2, 0.25) is 0 Å². The van der Waals surface area contributed by atoms with E-state index < -0.39 is 36.3 Å². The van der Waals surface area contributed by atoms with Crippen molar-refractivity contribution >= 4 is 0 Å². The maximum atomic E-state index is 7.54. The molecule has 3 aliphatic rings. The van der Waals surface area contributed by atoms with E-state index in [2.05, 4.69) is 84.9 Å². The van der Waals surface area contributed by atoms with Gasteiger partial charge in [-0.1, -0.05) is 48.5 Å². The second kappa shape index (κ2) is 22.4. The van der Waals surface area contributed by atoms with Crippen molar-refractivity contribution in [3.63, 3.8) is 0 Å². The maximum Gasteiger partial charge on any atom is 0.135 e. The minimum absolute atomic E-state index is 0.346. The molecule has 8 unspecified atom stereocenters. The van der Waals surface area contributed by atoms with Gasteiger partial charge in [0.2, 0.25) is 0 Å². The minimum atomic E-state index is -0.555. The summed E-state index contributed by atoms with van der Waals surface area (Å²) in [7, 11) is 16.7. The summed E-state index contributed by atoms with van der Waals surface area (Å²) in [4.78, 5) is 0. The molecule has 8 atom stereocenters. The van der Waals surface area contributed by atoms with Crippen molar-refractivity contribution in [2.24, 2.45) is 0 Å². The van der Waals surface area contributed by atoms with Gasteiger partial charge in [-0.25, -0.2) is 0 Å². The van der Waals surface area contributed by atoms with Crippen LogP contribution in [0.3, 0.4) is 0 Å². The molecule has 3 heterocycles. The third kappa shape index (κ3) is 9.77. The first-order valence-electron chi connectivity index (χ1n) is 26.1. The van der Waals surface area contributed by atoms with Crippen molar-refractivity contribution in [2.75, 3.05) is 71.1 Å². The molecule has 406 valence electrons. The van der Waals surface area contributed by atoms with Gasteiger partial charge in [0.1, 0.15) is 81.2 Å². The number of benzene rings is 8. The number of methoxy groups -OCH3 is 10. The quantitative estimate of drug-likeness (QED) is 0.0811. The van der Waals surface area contributed by atoms with E-state index in [4.69, 9.17) is 61.6 Å². The maximum absolute atomic E-state index is 7.54. The molecule has 8 aromatic carbocycles. The van der Waals surface area contributed by atoms with Crippen molar-refractivity contribution in [2.45, 2.75) is 48.1 Å². The molecule has 0 saturated carbocycles. The molecule has 0 spiro atoms. The zero-order chi connectivity index (χ0) is 54.9. The third-order valence-electron chi connectivity index (χ3n) is 15.8. The molecule has 0 amide bonds. The summed E-state index contributed by atoms with van der Waals surface area (Å²) < 4.78 is 81.4. The van der Waals surface area contributed by atoms with E-state index in [0.717, 1.165) is 78.6 Å². The zero-order valence-electron chi connectivity index (χ0n) is 45.9. The summed E-state index contributed by atoms with van der Waals surface area (Å²) in [5.41, 5.74) is 9.46. The molecular formula is C66H64O13. The fraction of sp³-hybridized carbons (Fsp3) is 0.273. The lowest BCUT2D eigenvalue weighted by atomic mass is 9.73. The van der Waals surface area contributed by atoms with Gasteiger partial charge in [0, 0.05) is 52.8 Å². The summed E-state index contributed by atoms with van der Waals surface area (Å²) in [6, 6.07) is 52.8. The predicted molar refractivity (Wildman–Crippen MR) is 300 cm³/mol. The van der Waals surface area contributed by atoms with E-state index >= 15 is 0 Å².